The molecule has 54 heavy (non-hydrogen) atoms. The van der Waals surface area contributed by atoms with Crippen LogP contribution in [0.5, 0.6) is 0 Å². The number of nitrogens with zero attached hydrogens (tertiary/aromatic N) is 4. The maximum Gasteiger partial charge on any atom is 0.410 e. The number of aromatic nitrogens is 2. The second-order valence-electron chi connectivity index (χ2n) is 14.8. The Balaban J connectivity index is 0.000000919. The number of fused-ring (bicyclic) bond motifs is 1. The van der Waals surface area contributed by atoms with E-state index in [0.29, 0.717) is 43.9 Å². The van der Waals surface area contributed by atoms with Crippen LogP contribution in [0.15, 0.2) is 79.0 Å². The number of nitrogens with one attached hydrogen (secondary N) is 1. The molecule has 12 nitrogen and oxygen atoms in total. The lowest BCUT2D eigenvalue weighted by Crippen LogP contribution is -2.43. The Kier molecular flexibility index (Phi) is 12.5. The zero-order chi connectivity index (χ0) is 38.1. The maximum absolute atomic E-state index is 13.2. The zero-order valence-corrected chi connectivity index (χ0v) is 31.3. The molecule has 0 unspecified atom stereocenters. The van der Waals surface area contributed by atoms with Crippen LogP contribution in [0.1, 0.15) is 70.6 Å². The number of ether oxygens (including phenoxy) is 3. The van der Waals surface area contributed by atoms with Crippen molar-refractivity contribution in [3.63, 3.8) is 0 Å². The molecule has 0 bridgehead atoms. The molecule has 2 aromatic carbocycles. The summed E-state index contributed by atoms with van der Waals surface area (Å²) in [5, 5.41) is 3.75. The average molecular weight is 736 g/mol. The van der Waals surface area contributed by atoms with E-state index in [-0.39, 0.29) is 24.7 Å². The lowest BCUT2D eigenvalue weighted by atomic mass is 10.0. The molecule has 3 fully saturated rings. The molecule has 12 heteroatoms. The number of amides is 3. The van der Waals surface area contributed by atoms with E-state index in [4.69, 9.17) is 19.2 Å². The summed E-state index contributed by atoms with van der Waals surface area (Å²) >= 11 is 0. The summed E-state index contributed by atoms with van der Waals surface area (Å²) in [5.74, 6) is 0.0437. The standard InChI is InChI=1S/C38H41N5O6.C4H8O/c1-38(2,3)49-37(47)42-19-7-11-31(42)33(44)22-29-16-13-27-21-26(14-17-30(27)40-29)28-15-18-34(39-23-28)41-35(45)32-12-8-20-43(32)36(46)48-24-25-9-5-4-6-10-25;1-2-4-5-3-1/h4-6,9-10,13-18,21,23,31-32H,7-8,11-12,19-20,22,24H2,1-3H3,(H,39,41,45);1-4H2/t31-,32-;/m0./s1. The Bertz CT molecular complexity index is 1920. The van der Waals surface area contributed by atoms with E-state index in [1.807, 2.05) is 87.5 Å². The largest absolute Gasteiger partial charge is 0.445 e. The van der Waals surface area contributed by atoms with Gasteiger partial charge in [0.25, 0.3) is 0 Å². The van der Waals surface area contributed by atoms with Gasteiger partial charge in [-0.25, -0.2) is 14.6 Å². The van der Waals surface area contributed by atoms with Crippen molar-refractivity contribution in [2.75, 3.05) is 31.6 Å². The molecule has 3 amide bonds. The third kappa shape index (κ3) is 10.2. The van der Waals surface area contributed by atoms with Crippen LogP contribution in [-0.4, -0.2) is 87.6 Å². The Morgan fingerprint density at radius 2 is 1.52 bits per heavy atom. The van der Waals surface area contributed by atoms with Gasteiger partial charge in [0, 0.05) is 49.1 Å². The molecular formula is C42H49N5O7. The summed E-state index contributed by atoms with van der Waals surface area (Å²) in [6.45, 7) is 8.56. The topological polar surface area (TPSA) is 140 Å². The first-order chi connectivity index (χ1) is 26.0. The van der Waals surface area contributed by atoms with Crippen LogP contribution in [-0.2, 0) is 36.8 Å². The van der Waals surface area contributed by atoms with Crippen LogP contribution in [0.25, 0.3) is 22.0 Å². The summed E-state index contributed by atoms with van der Waals surface area (Å²) < 4.78 is 15.9. The molecular weight excluding hydrogens is 686 g/mol. The molecule has 0 saturated carbocycles. The first-order valence-corrected chi connectivity index (χ1v) is 18.8. The highest BCUT2D eigenvalue weighted by Crippen LogP contribution is 2.27. The fourth-order valence-electron chi connectivity index (χ4n) is 6.80. The SMILES string of the molecule is C1CCOC1.CC(C)(C)OC(=O)N1CCC[C@H]1C(=O)Cc1ccc2cc(-c3ccc(NC(=O)[C@@H]4CCCN4C(=O)OCc4ccccc4)nc3)ccc2n1. The minimum absolute atomic E-state index is 0.0475. The first kappa shape index (κ1) is 38.4. The summed E-state index contributed by atoms with van der Waals surface area (Å²) in [4.78, 5) is 63.9. The van der Waals surface area contributed by atoms with Crippen LogP contribution < -0.4 is 5.32 Å². The van der Waals surface area contributed by atoms with Gasteiger partial charge >= 0.3 is 12.2 Å². The number of hydrogen-bond donors (Lipinski definition) is 1. The molecule has 4 aromatic rings. The number of rotatable bonds is 8. The molecule has 0 spiro atoms. The van der Waals surface area contributed by atoms with Gasteiger partial charge in [-0.2, -0.15) is 0 Å². The lowest BCUT2D eigenvalue weighted by molar-refractivity contribution is -0.122. The van der Waals surface area contributed by atoms with Gasteiger partial charge < -0.3 is 19.5 Å². The number of carbonyl (C=O) groups is 4. The van der Waals surface area contributed by atoms with Crippen LogP contribution >= 0.6 is 0 Å². The molecule has 0 radical (unpaired) electrons. The van der Waals surface area contributed by atoms with Crippen molar-refractivity contribution in [3.05, 3.63) is 90.3 Å². The fraction of sp³-hybridized carbons (Fsp3) is 0.429. The minimum Gasteiger partial charge on any atom is -0.445 e. The number of Topliss-reactive ketones (excluding diaryl/α,β-unsaturated/α-hetero) is 1. The third-order valence-corrected chi connectivity index (χ3v) is 9.53. The Morgan fingerprint density at radius 1 is 0.815 bits per heavy atom. The normalized spacial score (nSPS) is 18.2. The van der Waals surface area contributed by atoms with Crippen molar-refractivity contribution >= 4 is 40.6 Å². The Morgan fingerprint density at radius 3 is 2.19 bits per heavy atom. The average Bonchev–Trinajstić information content (AvgIpc) is 3.98. The highest BCUT2D eigenvalue weighted by atomic mass is 16.6. The number of hydrogen-bond acceptors (Lipinski definition) is 9. The van der Waals surface area contributed by atoms with Gasteiger partial charge in [-0.1, -0.05) is 42.5 Å². The molecule has 1 N–H and O–H groups in total. The Hall–Kier alpha value is -5.36. The van der Waals surface area contributed by atoms with Gasteiger partial charge in [-0.15, -0.1) is 0 Å². The highest BCUT2D eigenvalue weighted by Gasteiger charge is 2.37. The lowest BCUT2D eigenvalue weighted by Gasteiger charge is -2.28. The smallest absolute Gasteiger partial charge is 0.410 e. The molecule has 284 valence electrons. The van der Waals surface area contributed by atoms with Crippen LogP contribution in [0.3, 0.4) is 0 Å². The molecule has 5 heterocycles. The summed E-state index contributed by atoms with van der Waals surface area (Å²) in [5.41, 5.74) is 3.44. The molecule has 2 atom stereocenters. The zero-order valence-electron chi connectivity index (χ0n) is 31.3. The first-order valence-electron chi connectivity index (χ1n) is 18.8. The Labute approximate surface area is 316 Å². The molecule has 7 rings (SSSR count). The van der Waals surface area contributed by atoms with Crippen LogP contribution in [0, 0.1) is 0 Å². The van der Waals surface area contributed by atoms with Gasteiger partial charge in [0.1, 0.15) is 24.1 Å². The number of benzene rings is 2. The van der Waals surface area contributed by atoms with Gasteiger partial charge in [-0.05, 0) is 101 Å². The van der Waals surface area contributed by atoms with Gasteiger partial charge in [0.05, 0.1) is 18.0 Å². The quantitative estimate of drug-likeness (QED) is 0.197. The van der Waals surface area contributed by atoms with Crippen LogP contribution in [0.4, 0.5) is 15.4 Å². The highest BCUT2D eigenvalue weighted by molar-refractivity contribution is 5.96. The van der Waals surface area contributed by atoms with E-state index < -0.39 is 29.9 Å². The van der Waals surface area contributed by atoms with Gasteiger partial charge in [0.15, 0.2) is 5.78 Å². The second kappa shape index (κ2) is 17.6. The minimum atomic E-state index is -0.626. The molecule has 3 aliphatic heterocycles. The van der Waals surface area contributed by atoms with E-state index in [1.165, 1.54) is 17.7 Å². The van der Waals surface area contributed by atoms with E-state index in [0.717, 1.165) is 47.2 Å². The number of carbonyl (C=O) groups excluding carboxylic acids is 4. The van der Waals surface area contributed by atoms with E-state index in [2.05, 4.69) is 10.3 Å². The predicted molar refractivity (Wildman–Crippen MR) is 205 cm³/mol. The number of likely N-dealkylation sites (tertiary alicyclic amines) is 2. The molecule has 2 aromatic heterocycles. The van der Waals surface area contributed by atoms with Crippen molar-refractivity contribution < 1.29 is 33.4 Å². The van der Waals surface area contributed by atoms with E-state index >= 15 is 0 Å². The van der Waals surface area contributed by atoms with Crippen molar-refractivity contribution in [3.8, 4) is 11.1 Å². The van der Waals surface area contributed by atoms with Crippen LogP contribution in [0.2, 0.25) is 0 Å². The number of ketones is 1. The predicted octanol–water partition coefficient (Wildman–Crippen LogP) is 7.34. The third-order valence-electron chi connectivity index (χ3n) is 9.53. The second-order valence-corrected chi connectivity index (χ2v) is 14.8. The van der Waals surface area contributed by atoms with Crippen molar-refractivity contribution in [2.24, 2.45) is 0 Å². The number of pyridine rings is 2. The van der Waals surface area contributed by atoms with Crippen molar-refractivity contribution in [2.45, 2.75) is 90.0 Å². The van der Waals surface area contributed by atoms with E-state index in [1.54, 1.807) is 17.2 Å². The van der Waals surface area contributed by atoms with E-state index in [9.17, 15) is 19.2 Å². The molecule has 3 aliphatic rings. The maximum atomic E-state index is 13.2. The number of anilines is 1. The van der Waals surface area contributed by atoms with Crippen molar-refractivity contribution in [1.29, 1.82) is 0 Å². The summed E-state index contributed by atoms with van der Waals surface area (Å²) in [7, 11) is 0. The monoisotopic (exact) mass is 735 g/mol. The van der Waals surface area contributed by atoms with Gasteiger partial charge in [0.2, 0.25) is 5.91 Å². The summed E-state index contributed by atoms with van der Waals surface area (Å²) in [6.07, 6.45) is 6.06. The fourth-order valence-corrected chi connectivity index (χ4v) is 6.80. The van der Waals surface area contributed by atoms with Crippen molar-refractivity contribution in [1.82, 2.24) is 19.8 Å². The summed E-state index contributed by atoms with van der Waals surface area (Å²) in [6, 6.07) is 21.5. The van der Waals surface area contributed by atoms with Gasteiger partial charge in [-0.3, -0.25) is 24.4 Å². The molecule has 3 saturated heterocycles. The molecule has 0 aliphatic carbocycles.